The zero-order valence-corrected chi connectivity index (χ0v) is 21.4. The van der Waals surface area contributed by atoms with Gasteiger partial charge in [0.15, 0.2) is 0 Å². The average Bonchev–Trinajstić information content (AvgIpc) is 3.22. The maximum atomic E-state index is 13.1. The summed E-state index contributed by atoms with van der Waals surface area (Å²) >= 11 is 0. The van der Waals surface area contributed by atoms with Gasteiger partial charge in [-0.3, -0.25) is 0 Å². The summed E-state index contributed by atoms with van der Waals surface area (Å²) in [5, 5.41) is 18.4. The van der Waals surface area contributed by atoms with Gasteiger partial charge >= 0.3 is 0 Å². The minimum absolute atomic E-state index is 0.169. The smallest absolute Gasteiger partial charge is 0.223 e. The molecular weight excluding hydrogens is 443 g/mol. The van der Waals surface area contributed by atoms with Crippen LogP contribution in [0.5, 0.6) is 0 Å². The van der Waals surface area contributed by atoms with E-state index >= 15 is 0 Å². The van der Waals surface area contributed by atoms with Crippen molar-refractivity contribution in [1.29, 1.82) is 5.26 Å². The number of rotatable bonds is 4. The lowest BCUT2D eigenvalue weighted by molar-refractivity contribution is 0.289. The largest absolute Gasteiger partial charge is 0.360 e. The van der Waals surface area contributed by atoms with Crippen LogP contribution in [0.15, 0.2) is 18.3 Å². The van der Waals surface area contributed by atoms with Crippen molar-refractivity contribution in [2.75, 3.05) is 25.2 Å². The van der Waals surface area contributed by atoms with E-state index in [4.69, 9.17) is 9.97 Å². The van der Waals surface area contributed by atoms with Crippen molar-refractivity contribution in [3.05, 3.63) is 35.2 Å². The van der Waals surface area contributed by atoms with E-state index in [0.717, 1.165) is 72.9 Å². The van der Waals surface area contributed by atoms with Gasteiger partial charge in [0, 0.05) is 46.5 Å². The number of hydrogen-bond donors (Lipinski definition) is 3. The molecule has 1 aliphatic heterocycles. The van der Waals surface area contributed by atoms with Gasteiger partial charge in [-0.1, -0.05) is 6.07 Å². The quantitative estimate of drug-likeness (QED) is 0.477. The number of nitriles is 1. The fourth-order valence-electron chi connectivity index (χ4n) is 5.34. The lowest BCUT2D eigenvalue weighted by Crippen LogP contribution is -2.50. The summed E-state index contributed by atoms with van der Waals surface area (Å²) in [4.78, 5) is 13.3. The molecule has 5 rings (SSSR count). The number of aromatic amines is 1. The molecule has 2 aliphatic rings. The molecule has 0 unspecified atom stereocenters. The van der Waals surface area contributed by atoms with Crippen LogP contribution >= 0.6 is 7.14 Å². The molecule has 1 atom stereocenters. The van der Waals surface area contributed by atoms with E-state index in [-0.39, 0.29) is 5.54 Å². The predicted molar refractivity (Wildman–Crippen MR) is 138 cm³/mol. The lowest BCUT2D eigenvalue weighted by atomic mass is 9.90. The molecule has 0 radical (unpaired) electrons. The third-order valence-electron chi connectivity index (χ3n) is 7.20. The summed E-state index contributed by atoms with van der Waals surface area (Å²) in [6, 6.07) is 6.26. The second-order valence-corrected chi connectivity index (χ2v) is 13.9. The minimum Gasteiger partial charge on any atom is -0.360 e. The molecule has 8 heteroatoms. The number of nitrogens with zero attached hydrogens (tertiary/aromatic N) is 3. The summed E-state index contributed by atoms with van der Waals surface area (Å²) in [5.74, 6) is 0.682. The van der Waals surface area contributed by atoms with Gasteiger partial charge in [-0.05, 0) is 71.8 Å². The third kappa shape index (κ3) is 4.26. The van der Waals surface area contributed by atoms with E-state index in [0.29, 0.717) is 22.9 Å². The number of aromatic nitrogens is 3. The van der Waals surface area contributed by atoms with Gasteiger partial charge in [-0.2, -0.15) is 5.26 Å². The molecule has 1 fully saturated rings. The highest BCUT2D eigenvalue weighted by Crippen LogP contribution is 2.41. The van der Waals surface area contributed by atoms with E-state index in [1.165, 1.54) is 5.56 Å². The topological polar surface area (TPSA) is 106 Å². The zero-order chi connectivity index (χ0) is 24.1. The number of benzene rings is 1. The van der Waals surface area contributed by atoms with Crippen molar-refractivity contribution in [1.82, 2.24) is 20.3 Å². The Kier molecular flexibility index (Phi) is 5.78. The Bertz CT molecular complexity index is 1340. The summed E-state index contributed by atoms with van der Waals surface area (Å²) in [7, 11) is -2.67. The molecule has 178 valence electrons. The lowest BCUT2D eigenvalue weighted by Gasteiger charge is -2.36. The van der Waals surface area contributed by atoms with Gasteiger partial charge in [-0.25, -0.2) is 9.97 Å². The molecule has 0 bridgehead atoms. The van der Waals surface area contributed by atoms with E-state index in [1.54, 1.807) is 19.4 Å². The first-order chi connectivity index (χ1) is 16.2. The number of H-pyrrole nitrogens is 1. The Balaban J connectivity index is 1.60. The summed E-state index contributed by atoms with van der Waals surface area (Å²) in [6.45, 7) is 8.81. The first kappa shape index (κ1) is 23.1. The Morgan fingerprint density at radius 2 is 2.00 bits per heavy atom. The normalized spacial score (nSPS) is 20.0. The molecule has 1 aliphatic carbocycles. The predicted octanol–water partition coefficient (Wildman–Crippen LogP) is 4.57. The zero-order valence-electron chi connectivity index (χ0n) is 20.5. The molecule has 3 N–H and O–H groups in total. The number of aryl methyl sites for hydroxylation is 1. The fraction of sp³-hybridized carbons (Fsp3) is 0.500. The number of nitrogens with one attached hydrogen (secondary N) is 3. The number of piperidine rings is 1. The number of fused-ring (bicyclic) bond motifs is 2. The van der Waals surface area contributed by atoms with Gasteiger partial charge in [0.05, 0.1) is 28.1 Å². The van der Waals surface area contributed by atoms with Gasteiger partial charge in [0.25, 0.3) is 0 Å². The van der Waals surface area contributed by atoms with Gasteiger partial charge < -0.3 is 20.2 Å². The maximum absolute atomic E-state index is 13.1. The van der Waals surface area contributed by atoms with E-state index in [9.17, 15) is 9.83 Å². The third-order valence-corrected chi connectivity index (χ3v) is 8.75. The monoisotopic (exact) mass is 476 g/mol. The highest BCUT2D eigenvalue weighted by Gasteiger charge is 2.28. The molecule has 0 spiro atoms. The van der Waals surface area contributed by atoms with Crippen molar-refractivity contribution in [3.8, 4) is 17.3 Å². The van der Waals surface area contributed by atoms with Gasteiger partial charge in [-0.15, -0.1) is 0 Å². The highest BCUT2D eigenvalue weighted by molar-refractivity contribution is 7.70. The average molecular weight is 477 g/mol. The van der Waals surface area contributed by atoms with Crippen LogP contribution in [-0.2, 0) is 17.4 Å². The molecule has 3 aromatic rings. The molecule has 1 aromatic carbocycles. The van der Waals surface area contributed by atoms with Crippen LogP contribution in [0.25, 0.3) is 22.2 Å². The van der Waals surface area contributed by atoms with Crippen molar-refractivity contribution in [2.24, 2.45) is 0 Å². The number of hydrogen-bond acceptors (Lipinski definition) is 6. The molecule has 7 nitrogen and oxygen atoms in total. The van der Waals surface area contributed by atoms with Gasteiger partial charge in [0.1, 0.15) is 7.14 Å². The second kappa shape index (κ2) is 8.52. The van der Waals surface area contributed by atoms with Crippen LogP contribution in [0.2, 0.25) is 0 Å². The minimum atomic E-state index is -2.67. The summed E-state index contributed by atoms with van der Waals surface area (Å²) in [5.41, 5.74) is 5.68. The standard InChI is InChI=1S/C26H33N6OP/c1-26(2)12-11-17(14-29-26)30-25-31-21-8-6-5-7-19(21)22(32-25)20-15-28-23-18(20)10-9-16(13-27)24(23)34(3,4)33/h9-10,15,17,28-29H,5-8,11-12,14H2,1-4H3,(H,30,31,32)/t17-/m0/s1. The van der Waals surface area contributed by atoms with Crippen molar-refractivity contribution >= 4 is 29.3 Å². The Hall–Kier alpha value is -2.68. The molecule has 3 heterocycles. The second-order valence-electron chi connectivity index (χ2n) is 10.7. The SMILES string of the molecule is CC1(C)CC[C@H](Nc2nc3c(c(-c4c[nH]c5c(P(C)(C)=O)c(C#N)ccc45)n2)CCCC3)CN1. The van der Waals surface area contributed by atoms with Gasteiger partial charge in [0.2, 0.25) is 5.95 Å². The van der Waals surface area contributed by atoms with Crippen LogP contribution in [0.4, 0.5) is 5.95 Å². The molecule has 1 saturated heterocycles. The van der Waals surface area contributed by atoms with Crippen LogP contribution in [0, 0.1) is 11.3 Å². The molecule has 34 heavy (non-hydrogen) atoms. The van der Waals surface area contributed by atoms with Crippen LogP contribution in [0.1, 0.15) is 56.4 Å². The van der Waals surface area contributed by atoms with Crippen LogP contribution < -0.4 is 15.9 Å². The van der Waals surface area contributed by atoms with Crippen LogP contribution in [0.3, 0.4) is 0 Å². The maximum Gasteiger partial charge on any atom is 0.223 e. The Morgan fingerprint density at radius 1 is 1.21 bits per heavy atom. The molecule has 2 aromatic heterocycles. The van der Waals surface area contributed by atoms with Crippen molar-refractivity contribution < 1.29 is 4.57 Å². The van der Waals surface area contributed by atoms with Crippen LogP contribution in [-0.4, -0.2) is 46.4 Å². The van der Waals surface area contributed by atoms with E-state index < -0.39 is 7.14 Å². The summed E-state index contributed by atoms with van der Waals surface area (Å²) in [6.07, 6.45) is 8.31. The highest BCUT2D eigenvalue weighted by atomic mass is 31.2. The Labute approximate surface area is 201 Å². The van der Waals surface area contributed by atoms with Crippen molar-refractivity contribution in [2.45, 2.75) is 64.0 Å². The van der Waals surface area contributed by atoms with E-state index in [1.807, 2.05) is 12.3 Å². The molecule has 0 amide bonds. The van der Waals surface area contributed by atoms with E-state index in [2.05, 4.69) is 35.5 Å². The first-order valence-electron chi connectivity index (χ1n) is 12.2. The molecular formula is C26H33N6OP. The summed E-state index contributed by atoms with van der Waals surface area (Å²) < 4.78 is 13.1. The first-order valence-corrected chi connectivity index (χ1v) is 14.8. The fourth-order valence-corrected chi connectivity index (χ4v) is 6.77. The van der Waals surface area contributed by atoms with Crippen molar-refractivity contribution in [3.63, 3.8) is 0 Å². The molecule has 0 saturated carbocycles. The Morgan fingerprint density at radius 3 is 2.71 bits per heavy atom. The number of anilines is 1.